The highest BCUT2D eigenvalue weighted by atomic mass is 16.4. The Morgan fingerprint density at radius 1 is 1.25 bits per heavy atom. The molecule has 0 saturated heterocycles. The van der Waals surface area contributed by atoms with Gasteiger partial charge in [-0.3, -0.25) is 4.68 Å². The van der Waals surface area contributed by atoms with Crippen LogP contribution in [0.4, 0.5) is 0 Å². The van der Waals surface area contributed by atoms with E-state index in [1.54, 1.807) is 18.3 Å². The second-order valence-electron chi connectivity index (χ2n) is 4.97. The van der Waals surface area contributed by atoms with Crippen LogP contribution < -0.4 is 5.32 Å². The Morgan fingerprint density at radius 3 is 2.55 bits per heavy atom. The second-order valence-corrected chi connectivity index (χ2v) is 4.97. The van der Waals surface area contributed by atoms with E-state index in [0.717, 1.165) is 17.8 Å². The van der Waals surface area contributed by atoms with Gasteiger partial charge in [0.05, 0.1) is 11.3 Å². The largest absolute Gasteiger partial charge is 0.478 e. The lowest BCUT2D eigenvalue weighted by Crippen LogP contribution is -2.17. The molecule has 2 rings (SSSR count). The Hall–Kier alpha value is -2.14. The molecular formula is C15H19N3O2. The highest BCUT2D eigenvalue weighted by Crippen LogP contribution is 2.08. The molecule has 0 saturated carbocycles. The molecule has 0 aliphatic rings. The lowest BCUT2D eigenvalue weighted by atomic mass is 10.1. The van der Waals surface area contributed by atoms with E-state index in [0.29, 0.717) is 18.2 Å². The van der Waals surface area contributed by atoms with Gasteiger partial charge in [0.2, 0.25) is 0 Å². The number of nitrogens with zero attached hydrogens (tertiary/aromatic N) is 2. The Labute approximate surface area is 118 Å². The van der Waals surface area contributed by atoms with Crippen molar-refractivity contribution in [1.82, 2.24) is 15.1 Å². The summed E-state index contributed by atoms with van der Waals surface area (Å²) in [4.78, 5) is 10.8. The molecule has 1 aromatic heterocycles. The molecule has 5 heteroatoms. The van der Waals surface area contributed by atoms with Gasteiger partial charge in [0.25, 0.3) is 0 Å². The molecule has 0 atom stereocenters. The number of hydrogen-bond donors (Lipinski definition) is 2. The average molecular weight is 273 g/mol. The van der Waals surface area contributed by atoms with Gasteiger partial charge in [0.15, 0.2) is 0 Å². The average Bonchev–Trinajstić information content (AvgIpc) is 2.88. The molecule has 1 aromatic carbocycles. The van der Waals surface area contributed by atoms with Crippen molar-refractivity contribution in [2.24, 2.45) is 0 Å². The molecule has 0 spiro atoms. The first-order valence-electron chi connectivity index (χ1n) is 6.63. The standard InChI is InChI=1S/C15H19N3O2/c1-11(2)18-14(7-8-17-18)10-16-9-12-3-5-13(6-4-12)15(19)20/h3-8,11,16H,9-10H2,1-2H3,(H,19,20). The van der Waals surface area contributed by atoms with Crippen LogP contribution in [0.15, 0.2) is 36.5 Å². The molecule has 0 fully saturated rings. The number of carbonyl (C=O) groups is 1. The van der Waals surface area contributed by atoms with Crippen molar-refractivity contribution in [3.63, 3.8) is 0 Å². The summed E-state index contributed by atoms with van der Waals surface area (Å²) in [5.74, 6) is -0.898. The molecule has 0 aliphatic carbocycles. The maximum atomic E-state index is 10.8. The monoisotopic (exact) mass is 273 g/mol. The summed E-state index contributed by atoms with van der Waals surface area (Å²) in [6, 6.07) is 9.25. The second kappa shape index (κ2) is 6.34. The zero-order chi connectivity index (χ0) is 14.5. The smallest absolute Gasteiger partial charge is 0.335 e. The maximum absolute atomic E-state index is 10.8. The maximum Gasteiger partial charge on any atom is 0.335 e. The fraction of sp³-hybridized carbons (Fsp3) is 0.333. The van der Waals surface area contributed by atoms with Crippen LogP contribution in [0.2, 0.25) is 0 Å². The normalized spacial score (nSPS) is 10.9. The minimum absolute atomic E-state index is 0.312. The highest BCUT2D eigenvalue weighted by molar-refractivity contribution is 5.87. The van der Waals surface area contributed by atoms with Crippen molar-refractivity contribution in [2.45, 2.75) is 33.0 Å². The van der Waals surface area contributed by atoms with Crippen LogP contribution in [0.5, 0.6) is 0 Å². The first-order valence-corrected chi connectivity index (χ1v) is 6.63. The molecule has 2 N–H and O–H groups in total. The van der Waals surface area contributed by atoms with Gasteiger partial charge < -0.3 is 10.4 Å². The van der Waals surface area contributed by atoms with Crippen molar-refractivity contribution in [2.75, 3.05) is 0 Å². The number of nitrogens with one attached hydrogen (secondary N) is 1. The van der Waals surface area contributed by atoms with Crippen LogP contribution in [0.1, 0.15) is 41.5 Å². The lowest BCUT2D eigenvalue weighted by Gasteiger charge is -2.11. The molecule has 0 unspecified atom stereocenters. The molecule has 5 nitrogen and oxygen atoms in total. The zero-order valence-electron chi connectivity index (χ0n) is 11.7. The predicted octanol–water partition coefficient (Wildman–Crippen LogP) is 2.45. The van der Waals surface area contributed by atoms with Crippen molar-refractivity contribution in [1.29, 1.82) is 0 Å². The van der Waals surface area contributed by atoms with E-state index in [1.807, 2.05) is 22.9 Å². The van der Waals surface area contributed by atoms with E-state index in [9.17, 15) is 4.79 Å². The number of carboxylic acid groups (broad SMARTS) is 1. The van der Waals surface area contributed by atoms with E-state index in [2.05, 4.69) is 24.3 Å². The third-order valence-corrected chi connectivity index (χ3v) is 3.08. The number of aromatic nitrogens is 2. The van der Waals surface area contributed by atoms with Crippen LogP contribution in [-0.4, -0.2) is 20.9 Å². The summed E-state index contributed by atoms with van der Waals surface area (Å²) in [6.07, 6.45) is 1.80. The summed E-state index contributed by atoms with van der Waals surface area (Å²) in [5, 5.41) is 16.5. The Balaban J connectivity index is 1.89. The lowest BCUT2D eigenvalue weighted by molar-refractivity contribution is 0.0697. The van der Waals surface area contributed by atoms with Crippen LogP contribution in [0, 0.1) is 0 Å². The summed E-state index contributed by atoms with van der Waals surface area (Å²) in [6.45, 7) is 5.63. The van der Waals surface area contributed by atoms with Crippen molar-refractivity contribution >= 4 is 5.97 Å². The number of rotatable bonds is 6. The molecule has 2 aromatic rings. The third kappa shape index (κ3) is 3.45. The molecule has 0 aliphatic heterocycles. The zero-order valence-corrected chi connectivity index (χ0v) is 11.7. The Morgan fingerprint density at radius 2 is 1.95 bits per heavy atom. The first-order chi connectivity index (χ1) is 9.58. The number of carboxylic acids is 1. The summed E-state index contributed by atoms with van der Waals surface area (Å²) in [5.41, 5.74) is 2.51. The predicted molar refractivity (Wildman–Crippen MR) is 76.6 cm³/mol. The van der Waals surface area contributed by atoms with Crippen molar-refractivity contribution in [3.8, 4) is 0 Å². The van der Waals surface area contributed by atoms with Gasteiger partial charge in [-0.2, -0.15) is 5.10 Å². The van der Waals surface area contributed by atoms with Gasteiger partial charge in [-0.1, -0.05) is 12.1 Å². The summed E-state index contributed by atoms with van der Waals surface area (Å²) in [7, 11) is 0. The molecular weight excluding hydrogens is 254 g/mol. The van der Waals surface area contributed by atoms with E-state index in [1.165, 1.54) is 0 Å². The van der Waals surface area contributed by atoms with Gasteiger partial charge in [0, 0.05) is 25.3 Å². The Bertz CT molecular complexity index is 573. The van der Waals surface area contributed by atoms with E-state index in [4.69, 9.17) is 5.11 Å². The SMILES string of the molecule is CC(C)n1nccc1CNCc1ccc(C(=O)O)cc1. The fourth-order valence-electron chi connectivity index (χ4n) is 2.05. The molecule has 20 heavy (non-hydrogen) atoms. The molecule has 0 amide bonds. The van der Waals surface area contributed by atoms with Crippen molar-refractivity contribution in [3.05, 3.63) is 53.3 Å². The van der Waals surface area contributed by atoms with Gasteiger partial charge in [-0.15, -0.1) is 0 Å². The quantitative estimate of drug-likeness (QED) is 0.848. The van der Waals surface area contributed by atoms with Crippen LogP contribution in [0.25, 0.3) is 0 Å². The first kappa shape index (κ1) is 14.3. The molecule has 0 bridgehead atoms. The highest BCUT2D eigenvalue weighted by Gasteiger charge is 2.05. The molecule has 0 radical (unpaired) electrons. The summed E-state index contributed by atoms with van der Waals surface area (Å²) < 4.78 is 1.99. The van der Waals surface area contributed by atoms with Crippen molar-refractivity contribution < 1.29 is 9.90 Å². The number of hydrogen-bond acceptors (Lipinski definition) is 3. The molecule has 106 valence electrons. The molecule has 1 heterocycles. The summed E-state index contributed by atoms with van der Waals surface area (Å²) >= 11 is 0. The third-order valence-electron chi connectivity index (χ3n) is 3.08. The van der Waals surface area contributed by atoms with E-state index in [-0.39, 0.29) is 0 Å². The van der Waals surface area contributed by atoms with Crippen LogP contribution in [0.3, 0.4) is 0 Å². The van der Waals surface area contributed by atoms with Gasteiger partial charge in [-0.25, -0.2) is 4.79 Å². The van der Waals surface area contributed by atoms with Gasteiger partial charge >= 0.3 is 5.97 Å². The number of benzene rings is 1. The minimum atomic E-state index is -0.898. The Kier molecular flexibility index (Phi) is 4.53. The van der Waals surface area contributed by atoms with Gasteiger partial charge in [0.1, 0.15) is 0 Å². The van der Waals surface area contributed by atoms with Gasteiger partial charge in [-0.05, 0) is 37.6 Å². The van der Waals surface area contributed by atoms with E-state index >= 15 is 0 Å². The number of aromatic carboxylic acids is 1. The van der Waals surface area contributed by atoms with E-state index < -0.39 is 5.97 Å². The van der Waals surface area contributed by atoms with Crippen LogP contribution in [-0.2, 0) is 13.1 Å². The fourth-order valence-corrected chi connectivity index (χ4v) is 2.05. The minimum Gasteiger partial charge on any atom is -0.478 e. The van der Waals surface area contributed by atoms with Crippen LogP contribution >= 0.6 is 0 Å². The topological polar surface area (TPSA) is 67.2 Å².